The van der Waals surface area contributed by atoms with Crippen LogP contribution in [0.1, 0.15) is 24.8 Å². The number of hydrogen-bond acceptors (Lipinski definition) is 1. The Morgan fingerprint density at radius 2 is 1.92 bits per heavy atom. The van der Waals surface area contributed by atoms with Crippen molar-refractivity contribution in [2.45, 2.75) is 25.7 Å². The van der Waals surface area contributed by atoms with Crippen LogP contribution in [0.2, 0.25) is 0 Å². The predicted molar refractivity (Wildman–Crippen MR) is 53.8 cm³/mol. The van der Waals surface area contributed by atoms with Crippen molar-refractivity contribution in [3.05, 3.63) is 36.8 Å². The van der Waals surface area contributed by atoms with E-state index < -0.39 is 0 Å². The summed E-state index contributed by atoms with van der Waals surface area (Å²) in [4.78, 5) is 0. The minimum absolute atomic E-state index is 0.918. The van der Waals surface area contributed by atoms with E-state index in [2.05, 4.69) is 13.0 Å². The number of para-hydroxylation sites is 1. The number of benzene rings is 1. The molecule has 0 aliphatic carbocycles. The van der Waals surface area contributed by atoms with E-state index >= 15 is 0 Å². The minimum atomic E-state index is 0.918. The molecule has 0 amide bonds. The number of nitrogens with two attached hydrogens (primary N) is 1. The van der Waals surface area contributed by atoms with Gasteiger partial charge in [0, 0.05) is 5.69 Å². The van der Waals surface area contributed by atoms with Crippen LogP contribution in [-0.2, 0) is 6.42 Å². The molecule has 65 valence electrons. The molecule has 1 aromatic rings. The quantitative estimate of drug-likeness (QED) is 0.534. The van der Waals surface area contributed by atoms with Gasteiger partial charge in [-0.1, -0.05) is 38.0 Å². The van der Waals surface area contributed by atoms with Gasteiger partial charge in [-0.15, -0.1) is 0 Å². The van der Waals surface area contributed by atoms with Crippen molar-refractivity contribution < 1.29 is 0 Å². The van der Waals surface area contributed by atoms with Gasteiger partial charge >= 0.3 is 0 Å². The second-order valence-corrected chi connectivity index (χ2v) is 3.01. The molecule has 0 aliphatic heterocycles. The lowest BCUT2D eigenvalue weighted by Crippen LogP contribution is -1.93. The van der Waals surface area contributed by atoms with Crippen molar-refractivity contribution in [3.63, 3.8) is 0 Å². The summed E-state index contributed by atoms with van der Waals surface area (Å²) in [5, 5.41) is 0. The van der Waals surface area contributed by atoms with Crippen LogP contribution >= 0.6 is 0 Å². The van der Waals surface area contributed by atoms with E-state index in [0.717, 1.165) is 18.5 Å². The van der Waals surface area contributed by atoms with Crippen LogP contribution in [0.5, 0.6) is 0 Å². The average molecular weight is 162 g/mol. The maximum absolute atomic E-state index is 5.79. The molecule has 1 heteroatoms. The third-order valence-corrected chi connectivity index (χ3v) is 2.00. The minimum Gasteiger partial charge on any atom is -0.399 e. The molecule has 0 aromatic heterocycles. The topological polar surface area (TPSA) is 26.0 Å². The van der Waals surface area contributed by atoms with Gasteiger partial charge in [0.15, 0.2) is 0 Å². The SMILES string of the molecule is [CH2]CCCCc1ccccc1N. The maximum Gasteiger partial charge on any atom is 0.0346 e. The van der Waals surface area contributed by atoms with E-state index in [1.807, 2.05) is 18.2 Å². The maximum atomic E-state index is 5.79. The molecular formula is C11H16N. The van der Waals surface area contributed by atoms with Crippen LogP contribution in [0.15, 0.2) is 24.3 Å². The highest BCUT2D eigenvalue weighted by molar-refractivity contribution is 5.46. The second-order valence-electron chi connectivity index (χ2n) is 3.01. The van der Waals surface area contributed by atoms with Gasteiger partial charge in [-0.25, -0.2) is 0 Å². The largest absolute Gasteiger partial charge is 0.399 e. The van der Waals surface area contributed by atoms with Gasteiger partial charge in [0.2, 0.25) is 0 Å². The summed E-state index contributed by atoms with van der Waals surface area (Å²) in [6.45, 7) is 3.81. The van der Waals surface area contributed by atoms with E-state index in [-0.39, 0.29) is 0 Å². The van der Waals surface area contributed by atoms with Crippen LogP contribution < -0.4 is 5.73 Å². The number of hydrogen-bond donors (Lipinski definition) is 1. The lowest BCUT2D eigenvalue weighted by atomic mass is 10.1. The Morgan fingerprint density at radius 3 is 2.58 bits per heavy atom. The molecule has 0 heterocycles. The molecule has 1 radical (unpaired) electrons. The zero-order valence-corrected chi connectivity index (χ0v) is 7.42. The van der Waals surface area contributed by atoms with Crippen molar-refractivity contribution >= 4 is 5.69 Å². The second kappa shape index (κ2) is 4.81. The summed E-state index contributed by atoms with van der Waals surface area (Å²) >= 11 is 0. The molecular weight excluding hydrogens is 146 g/mol. The van der Waals surface area contributed by atoms with Gasteiger partial charge in [0.05, 0.1) is 0 Å². The Labute approximate surface area is 74.6 Å². The van der Waals surface area contributed by atoms with Gasteiger partial charge in [0.25, 0.3) is 0 Å². The molecule has 0 saturated heterocycles. The third kappa shape index (κ3) is 2.57. The molecule has 2 N–H and O–H groups in total. The molecule has 0 fully saturated rings. The number of rotatable bonds is 4. The first-order chi connectivity index (χ1) is 5.84. The number of aryl methyl sites for hydroxylation is 1. The van der Waals surface area contributed by atoms with Gasteiger partial charge < -0.3 is 5.73 Å². The molecule has 1 rings (SSSR count). The van der Waals surface area contributed by atoms with Gasteiger partial charge in [0.1, 0.15) is 0 Å². The Kier molecular flexibility index (Phi) is 3.65. The highest BCUT2D eigenvalue weighted by Gasteiger charge is 1.95. The van der Waals surface area contributed by atoms with Gasteiger partial charge in [-0.05, 0) is 24.5 Å². The zero-order chi connectivity index (χ0) is 8.81. The van der Waals surface area contributed by atoms with Crippen molar-refractivity contribution in [2.75, 3.05) is 5.73 Å². The van der Waals surface area contributed by atoms with E-state index in [1.165, 1.54) is 18.4 Å². The Balaban J connectivity index is 2.46. The summed E-state index contributed by atoms with van der Waals surface area (Å²) in [5.74, 6) is 0. The lowest BCUT2D eigenvalue weighted by Gasteiger charge is -2.03. The summed E-state index contributed by atoms with van der Waals surface area (Å²) in [6.07, 6.45) is 4.49. The Morgan fingerprint density at radius 1 is 1.17 bits per heavy atom. The van der Waals surface area contributed by atoms with Crippen LogP contribution in [0.3, 0.4) is 0 Å². The summed E-state index contributed by atoms with van der Waals surface area (Å²) in [5.41, 5.74) is 7.97. The standard InChI is InChI=1S/C11H16N/c1-2-3-4-7-10-8-5-6-9-11(10)12/h5-6,8-9H,1-4,7,12H2. The first-order valence-electron chi connectivity index (χ1n) is 4.47. The fourth-order valence-electron chi connectivity index (χ4n) is 1.25. The monoisotopic (exact) mass is 162 g/mol. The highest BCUT2D eigenvalue weighted by atomic mass is 14.6. The van der Waals surface area contributed by atoms with Gasteiger partial charge in [-0.2, -0.15) is 0 Å². The summed E-state index contributed by atoms with van der Waals surface area (Å²) in [6, 6.07) is 8.06. The Bertz CT molecular complexity index is 230. The van der Waals surface area contributed by atoms with Crippen molar-refractivity contribution in [1.82, 2.24) is 0 Å². The first-order valence-corrected chi connectivity index (χ1v) is 4.47. The van der Waals surface area contributed by atoms with E-state index in [1.54, 1.807) is 0 Å². The molecule has 0 aliphatic rings. The Hall–Kier alpha value is -0.980. The fourth-order valence-corrected chi connectivity index (χ4v) is 1.25. The van der Waals surface area contributed by atoms with Gasteiger partial charge in [-0.3, -0.25) is 0 Å². The van der Waals surface area contributed by atoms with Crippen LogP contribution in [0, 0.1) is 6.92 Å². The highest BCUT2D eigenvalue weighted by Crippen LogP contribution is 2.13. The zero-order valence-electron chi connectivity index (χ0n) is 7.42. The molecule has 0 saturated carbocycles. The molecule has 1 nitrogen and oxygen atoms in total. The average Bonchev–Trinajstić information content (AvgIpc) is 2.09. The summed E-state index contributed by atoms with van der Waals surface area (Å²) in [7, 11) is 0. The lowest BCUT2D eigenvalue weighted by molar-refractivity contribution is 0.747. The van der Waals surface area contributed by atoms with E-state index in [9.17, 15) is 0 Å². The normalized spacial score (nSPS) is 10.1. The number of unbranched alkanes of at least 4 members (excludes halogenated alkanes) is 2. The predicted octanol–water partition coefficient (Wildman–Crippen LogP) is 2.82. The summed E-state index contributed by atoms with van der Waals surface area (Å²) < 4.78 is 0. The van der Waals surface area contributed by atoms with Crippen LogP contribution in [0.25, 0.3) is 0 Å². The third-order valence-electron chi connectivity index (χ3n) is 2.00. The first kappa shape index (κ1) is 9.11. The van der Waals surface area contributed by atoms with Crippen molar-refractivity contribution in [1.29, 1.82) is 0 Å². The fraction of sp³-hybridized carbons (Fsp3) is 0.364. The molecule has 0 unspecified atom stereocenters. The van der Waals surface area contributed by atoms with E-state index in [4.69, 9.17) is 5.73 Å². The molecule has 1 aromatic carbocycles. The van der Waals surface area contributed by atoms with E-state index in [0.29, 0.717) is 0 Å². The van der Waals surface area contributed by atoms with Crippen LogP contribution in [-0.4, -0.2) is 0 Å². The van der Waals surface area contributed by atoms with Crippen molar-refractivity contribution in [2.24, 2.45) is 0 Å². The molecule has 12 heavy (non-hydrogen) atoms. The molecule has 0 spiro atoms. The smallest absolute Gasteiger partial charge is 0.0346 e. The van der Waals surface area contributed by atoms with Crippen molar-refractivity contribution in [3.8, 4) is 0 Å². The number of anilines is 1. The van der Waals surface area contributed by atoms with Crippen LogP contribution in [0.4, 0.5) is 5.69 Å². The molecule has 0 atom stereocenters. The number of nitrogen functional groups attached to an aromatic ring is 1. The molecule has 0 bridgehead atoms.